The molecule has 0 fully saturated rings. The minimum atomic E-state index is -0.797. The molecule has 0 saturated heterocycles. The monoisotopic (exact) mass is 368 g/mol. The van der Waals surface area contributed by atoms with Crippen LogP contribution in [0.2, 0.25) is 0 Å². The van der Waals surface area contributed by atoms with E-state index in [1.807, 2.05) is 6.92 Å². The second-order valence-electron chi connectivity index (χ2n) is 5.76. The van der Waals surface area contributed by atoms with E-state index in [1.54, 1.807) is 36.4 Å². The number of hydrogen-bond donors (Lipinski definition) is 2. The van der Waals surface area contributed by atoms with Crippen molar-refractivity contribution in [1.29, 1.82) is 0 Å². The number of amides is 2. The fourth-order valence-electron chi connectivity index (χ4n) is 2.88. The Morgan fingerprint density at radius 2 is 2.00 bits per heavy atom. The lowest BCUT2D eigenvalue weighted by molar-refractivity contribution is 0.0977. The van der Waals surface area contributed by atoms with Crippen LogP contribution in [0.3, 0.4) is 0 Å². The highest BCUT2D eigenvalue weighted by Gasteiger charge is 2.24. The molecule has 4 rings (SSSR count). The topological polar surface area (TPSA) is 113 Å². The number of rotatable bonds is 5. The molecular formula is C19H16N2O6. The summed E-state index contributed by atoms with van der Waals surface area (Å²) >= 11 is 0. The molecule has 3 N–H and O–H groups in total. The van der Waals surface area contributed by atoms with Gasteiger partial charge in [-0.15, -0.1) is 0 Å². The molecule has 8 heteroatoms. The molecule has 0 radical (unpaired) electrons. The molecule has 0 atom stereocenters. The van der Waals surface area contributed by atoms with Crippen molar-refractivity contribution in [2.24, 2.45) is 5.73 Å². The predicted octanol–water partition coefficient (Wildman–Crippen LogP) is 2.91. The molecule has 2 amide bonds. The Hall–Kier alpha value is -3.68. The smallest absolute Gasteiger partial charge is 0.286 e. The zero-order valence-corrected chi connectivity index (χ0v) is 14.4. The molecular weight excluding hydrogens is 352 g/mol. The minimum Gasteiger partial charge on any atom is -0.490 e. The summed E-state index contributed by atoms with van der Waals surface area (Å²) < 4.78 is 21.6. The van der Waals surface area contributed by atoms with Gasteiger partial charge in [0.1, 0.15) is 5.69 Å². The summed E-state index contributed by atoms with van der Waals surface area (Å²) in [5.74, 6) is 0.121. The van der Waals surface area contributed by atoms with Gasteiger partial charge in [0, 0.05) is 10.9 Å². The standard InChI is InChI=1S/C19H16N2O6/c1-2-24-13-5-3-4-11-15(17(18(20)22)27-16(11)13)21-19(23)10-6-7-12-14(8-10)26-9-25-12/h3-8H,2,9H2,1H3,(H2,20,22)(H,21,23). The van der Waals surface area contributed by atoms with Crippen LogP contribution in [0.1, 0.15) is 27.8 Å². The Labute approximate surface area is 153 Å². The molecule has 2 heterocycles. The van der Waals surface area contributed by atoms with E-state index in [2.05, 4.69) is 5.32 Å². The molecule has 1 aliphatic heterocycles. The van der Waals surface area contributed by atoms with Gasteiger partial charge in [0.25, 0.3) is 11.8 Å². The average molecular weight is 368 g/mol. The largest absolute Gasteiger partial charge is 0.490 e. The highest BCUT2D eigenvalue weighted by molar-refractivity contribution is 6.14. The number of carbonyl (C=O) groups excluding carboxylic acids is 2. The number of furan rings is 1. The van der Waals surface area contributed by atoms with E-state index in [1.165, 1.54) is 0 Å². The Morgan fingerprint density at radius 3 is 2.78 bits per heavy atom. The fraction of sp³-hybridized carbons (Fsp3) is 0.158. The molecule has 1 aliphatic rings. The van der Waals surface area contributed by atoms with Crippen molar-refractivity contribution < 1.29 is 28.2 Å². The normalized spacial score (nSPS) is 12.2. The maximum Gasteiger partial charge on any atom is 0.286 e. The van der Waals surface area contributed by atoms with Crippen LogP contribution in [-0.2, 0) is 0 Å². The summed E-state index contributed by atoms with van der Waals surface area (Å²) in [6.07, 6.45) is 0. The molecule has 27 heavy (non-hydrogen) atoms. The molecule has 0 saturated carbocycles. The van der Waals surface area contributed by atoms with Crippen molar-refractivity contribution in [2.45, 2.75) is 6.92 Å². The van der Waals surface area contributed by atoms with Crippen molar-refractivity contribution in [3.05, 3.63) is 47.7 Å². The van der Waals surface area contributed by atoms with Crippen LogP contribution in [0.4, 0.5) is 5.69 Å². The summed E-state index contributed by atoms with van der Waals surface area (Å²) in [4.78, 5) is 24.5. The second kappa shape index (κ2) is 6.56. The van der Waals surface area contributed by atoms with Gasteiger partial charge in [0.2, 0.25) is 12.6 Å². The number of hydrogen-bond acceptors (Lipinski definition) is 6. The van der Waals surface area contributed by atoms with Gasteiger partial charge in [-0.3, -0.25) is 9.59 Å². The molecule has 0 aliphatic carbocycles. The number of anilines is 1. The molecule has 138 valence electrons. The van der Waals surface area contributed by atoms with Crippen LogP contribution in [0.5, 0.6) is 17.2 Å². The highest BCUT2D eigenvalue weighted by Crippen LogP contribution is 2.37. The Morgan fingerprint density at radius 1 is 1.19 bits per heavy atom. The summed E-state index contributed by atoms with van der Waals surface area (Å²) in [7, 11) is 0. The van der Waals surface area contributed by atoms with E-state index in [9.17, 15) is 9.59 Å². The Kier molecular flexibility index (Phi) is 4.08. The maximum absolute atomic E-state index is 12.7. The molecule has 0 unspecified atom stereocenters. The number of carbonyl (C=O) groups is 2. The van der Waals surface area contributed by atoms with Crippen molar-refractivity contribution in [3.8, 4) is 17.2 Å². The van der Waals surface area contributed by atoms with E-state index >= 15 is 0 Å². The van der Waals surface area contributed by atoms with E-state index in [0.717, 1.165) is 0 Å². The van der Waals surface area contributed by atoms with E-state index in [0.29, 0.717) is 40.4 Å². The highest BCUT2D eigenvalue weighted by atomic mass is 16.7. The second-order valence-corrected chi connectivity index (χ2v) is 5.76. The van der Waals surface area contributed by atoms with Crippen molar-refractivity contribution in [2.75, 3.05) is 18.7 Å². The number of primary amides is 1. The lowest BCUT2D eigenvalue weighted by Crippen LogP contribution is -2.17. The van der Waals surface area contributed by atoms with Crippen molar-refractivity contribution in [1.82, 2.24) is 0 Å². The number of benzene rings is 2. The number of nitrogens with two attached hydrogens (primary N) is 1. The first-order valence-electron chi connectivity index (χ1n) is 8.27. The van der Waals surface area contributed by atoms with Gasteiger partial charge >= 0.3 is 0 Å². The zero-order chi connectivity index (χ0) is 19.0. The number of nitrogens with one attached hydrogen (secondary N) is 1. The van der Waals surface area contributed by atoms with Crippen LogP contribution >= 0.6 is 0 Å². The third-order valence-corrected chi connectivity index (χ3v) is 4.08. The minimum absolute atomic E-state index is 0.110. The third kappa shape index (κ3) is 2.91. The third-order valence-electron chi connectivity index (χ3n) is 4.08. The predicted molar refractivity (Wildman–Crippen MR) is 96.4 cm³/mol. The Bertz CT molecular complexity index is 1060. The molecule has 2 aromatic carbocycles. The molecule has 8 nitrogen and oxygen atoms in total. The van der Waals surface area contributed by atoms with Crippen molar-refractivity contribution in [3.63, 3.8) is 0 Å². The summed E-state index contributed by atoms with van der Waals surface area (Å²) in [5.41, 5.74) is 6.31. The first-order valence-corrected chi connectivity index (χ1v) is 8.27. The Balaban J connectivity index is 1.74. The summed E-state index contributed by atoms with van der Waals surface area (Å²) in [5, 5.41) is 3.22. The maximum atomic E-state index is 12.7. The van der Waals surface area contributed by atoms with Gasteiger partial charge in [0.05, 0.1) is 6.61 Å². The van der Waals surface area contributed by atoms with Crippen LogP contribution in [0.25, 0.3) is 11.0 Å². The van der Waals surface area contributed by atoms with E-state index in [-0.39, 0.29) is 18.2 Å². The molecule has 1 aromatic heterocycles. The van der Waals surface area contributed by atoms with Crippen LogP contribution in [0, 0.1) is 0 Å². The fourth-order valence-corrected chi connectivity index (χ4v) is 2.88. The number of ether oxygens (including phenoxy) is 3. The van der Waals surface area contributed by atoms with E-state index < -0.39 is 11.8 Å². The van der Waals surface area contributed by atoms with Crippen LogP contribution in [-0.4, -0.2) is 25.2 Å². The first-order chi connectivity index (χ1) is 13.1. The SMILES string of the molecule is CCOc1cccc2c(NC(=O)c3ccc4c(c3)OCO4)c(C(N)=O)oc12. The molecule has 3 aromatic rings. The molecule has 0 spiro atoms. The number of para-hydroxylation sites is 1. The summed E-state index contributed by atoms with van der Waals surface area (Å²) in [6, 6.07) is 9.97. The summed E-state index contributed by atoms with van der Waals surface area (Å²) in [6.45, 7) is 2.36. The van der Waals surface area contributed by atoms with Gasteiger partial charge < -0.3 is 29.7 Å². The van der Waals surface area contributed by atoms with Gasteiger partial charge in [-0.1, -0.05) is 6.07 Å². The average Bonchev–Trinajstić information content (AvgIpc) is 3.26. The van der Waals surface area contributed by atoms with E-state index in [4.69, 9.17) is 24.4 Å². The van der Waals surface area contributed by atoms with Crippen LogP contribution < -0.4 is 25.3 Å². The first kappa shape index (κ1) is 16.8. The lowest BCUT2D eigenvalue weighted by atomic mass is 10.1. The quantitative estimate of drug-likeness (QED) is 0.716. The van der Waals surface area contributed by atoms with Crippen molar-refractivity contribution >= 4 is 28.5 Å². The van der Waals surface area contributed by atoms with Gasteiger partial charge in [-0.2, -0.15) is 0 Å². The van der Waals surface area contributed by atoms with Gasteiger partial charge in [-0.25, -0.2) is 0 Å². The molecule has 0 bridgehead atoms. The zero-order valence-electron chi connectivity index (χ0n) is 14.4. The van der Waals surface area contributed by atoms with Gasteiger partial charge in [-0.05, 0) is 37.3 Å². The van der Waals surface area contributed by atoms with Crippen LogP contribution in [0.15, 0.2) is 40.8 Å². The number of fused-ring (bicyclic) bond motifs is 2. The van der Waals surface area contributed by atoms with Gasteiger partial charge in [0.15, 0.2) is 22.8 Å². The lowest BCUT2D eigenvalue weighted by Gasteiger charge is -2.06.